The van der Waals surface area contributed by atoms with Crippen LogP contribution in [0.15, 0.2) is 48.5 Å². The molecular formula is C14H8F4O. The Hall–Kier alpha value is -2.17. The first kappa shape index (κ1) is 13.3. The van der Waals surface area contributed by atoms with Crippen LogP contribution in [-0.4, -0.2) is 5.78 Å². The number of ketones is 1. The van der Waals surface area contributed by atoms with Gasteiger partial charge in [0, 0.05) is 11.1 Å². The van der Waals surface area contributed by atoms with Crippen LogP contribution in [-0.2, 0) is 6.18 Å². The van der Waals surface area contributed by atoms with Gasteiger partial charge in [-0.1, -0.05) is 30.3 Å². The molecule has 0 aliphatic heterocycles. The van der Waals surface area contributed by atoms with Crippen LogP contribution in [0.2, 0.25) is 0 Å². The first-order chi connectivity index (χ1) is 8.89. The second kappa shape index (κ2) is 4.84. The summed E-state index contributed by atoms with van der Waals surface area (Å²) in [6.07, 6.45) is -4.82. The molecule has 0 N–H and O–H groups in total. The van der Waals surface area contributed by atoms with Gasteiger partial charge in [-0.2, -0.15) is 13.2 Å². The lowest BCUT2D eigenvalue weighted by molar-refractivity contribution is -0.140. The summed E-state index contributed by atoms with van der Waals surface area (Å²) in [6.45, 7) is 0. The lowest BCUT2D eigenvalue weighted by Crippen LogP contribution is -2.11. The van der Waals surface area contributed by atoms with E-state index in [2.05, 4.69) is 0 Å². The van der Waals surface area contributed by atoms with Gasteiger partial charge < -0.3 is 0 Å². The molecule has 0 radical (unpaired) electrons. The Labute approximate surface area is 106 Å². The molecule has 5 heteroatoms. The van der Waals surface area contributed by atoms with Crippen molar-refractivity contribution in [3.8, 4) is 0 Å². The van der Waals surface area contributed by atoms with Gasteiger partial charge in [0.2, 0.25) is 0 Å². The molecule has 0 spiro atoms. The van der Waals surface area contributed by atoms with Gasteiger partial charge in [-0.05, 0) is 18.2 Å². The normalized spacial score (nSPS) is 11.4. The molecule has 0 aromatic heterocycles. The number of carbonyl (C=O) groups is 1. The standard InChI is InChI=1S/C14H8F4O/c15-12-7-6-10(8-11(12)14(16,17)18)13(19)9-4-2-1-3-5-9/h1-8H. The quantitative estimate of drug-likeness (QED) is 0.592. The molecule has 2 aromatic rings. The van der Waals surface area contributed by atoms with Crippen molar-refractivity contribution in [1.29, 1.82) is 0 Å². The molecule has 1 nitrogen and oxygen atoms in total. The van der Waals surface area contributed by atoms with E-state index in [9.17, 15) is 22.4 Å². The third-order valence-corrected chi connectivity index (χ3v) is 2.57. The highest BCUT2D eigenvalue weighted by atomic mass is 19.4. The maximum absolute atomic E-state index is 13.1. The van der Waals surface area contributed by atoms with E-state index < -0.39 is 23.3 Å². The van der Waals surface area contributed by atoms with Gasteiger partial charge in [-0.15, -0.1) is 0 Å². The summed E-state index contributed by atoms with van der Waals surface area (Å²) in [7, 11) is 0. The molecule has 0 amide bonds. The van der Waals surface area contributed by atoms with Crippen molar-refractivity contribution in [2.24, 2.45) is 0 Å². The van der Waals surface area contributed by atoms with Crippen molar-refractivity contribution >= 4 is 5.78 Å². The summed E-state index contributed by atoms with van der Waals surface area (Å²) in [5.41, 5.74) is -1.38. The Morgan fingerprint density at radius 3 is 2.11 bits per heavy atom. The second-order valence-corrected chi connectivity index (χ2v) is 3.89. The Balaban J connectivity index is 2.45. The molecule has 98 valence electrons. The number of alkyl halides is 3. The van der Waals surface area contributed by atoms with Crippen LogP contribution >= 0.6 is 0 Å². The lowest BCUT2D eigenvalue weighted by Gasteiger charge is -2.09. The van der Waals surface area contributed by atoms with Crippen LogP contribution in [0.25, 0.3) is 0 Å². The van der Waals surface area contributed by atoms with Gasteiger partial charge in [-0.25, -0.2) is 4.39 Å². The van der Waals surface area contributed by atoms with E-state index in [1.165, 1.54) is 12.1 Å². The molecule has 2 rings (SSSR count). The van der Waals surface area contributed by atoms with Crippen molar-refractivity contribution in [3.05, 3.63) is 71.0 Å². The molecule has 0 bridgehead atoms. The third-order valence-electron chi connectivity index (χ3n) is 2.57. The number of benzene rings is 2. The molecule has 0 atom stereocenters. The van der Waals surface area contributed by atoms with Crippen LogP contribution < -0.4 is 0 Å². The van der Waals surface area contributed by atoms with Gasteiger partial charge in [0.25, 0.3) is 0 Å². The fraction of sp³-hybridized carbons (Fsp3) is 0.0714. The fourth-order valence-electron chi connectivity index (χ4n) is 1.64. The minimum absolute atomic E-state index is 0.195. The van der Waals surface area contributed by atoms with Crippen LogP contribution in [0.3, 0.4) is 0 Å². The predicted octanol–water partition coefficient (Wildman–Crippen LogP) is 4.08. The lowest BCUT2D eigenvalue weighted by atomic mass is 10.0. The third kappa shape index (κ3) is 2.81. The highest BCUT2D eigenvalue weighted by Gasteiger charge is 2.34. The second-order valence-electron chi connectivity index (χ2n) is 3.89. The minimum Gasteiger partial charge on any atom is -0.289 e. The van der Waals surface area contributed by atoms with E-state index in [1.54, 1.807) is 18.2 Å². The van der Waals surface area contributed by atoms with Crippen LogP contribution in [0.1, 0.15) is 21.5 Å². The summed E-state index contributed by atoms with van der Waals surface area (Å²) >= 11 is 0. The summed E-state index contributed by atoms with van der Waals surface area (Å²) in [4.78, 5) is 11.9. The van der Waals surface area contributed by atoms with E-state index in [0.29, 0.717) is 12.1 Å². The minimum atomic E-state index is -4.82. The average molecular weight is 268 g/mol. The summed E-state index contributed by atoms with van der Waals surface area (Å²) in [5.74, 6) is -1.97. The number of rotatable bonds is 2. The van der Waals surface area contributed by atoms with Crippen LogP contribution in [0.4, 0.5) is 17.6 Å². The predicted molar refractivity (Wildman–Crippen MR) is 61.3 cm³/mol. The van der Waals surface area contributed by atoms with E-state index in [0.717, 1.165) is 6.07 Å². The van der Waals surface area contributed by atoms with Gasteiger partial charge in [0.1, 0.15) is 5.82 Å². The first-order valence-electron chi connectivity index (χ1n) is 5.36. The zero-order valence-electron chi connectivity index (χ0n) is 9.54. The largest absolute Gasteiger partial charge is 0.419 e. The van der Waals surface area contributed by atoms with E-state index >= 15 is 0 Å². The highest BCUT2D eigenvalue weighted by Crippen LogP contribution is 2.32. The first-order valence-corrected chi connectivity index (χ1v) is 5.36. The SMILES string of the molecule is O=C(c1ccccc1)c1ccc(F)c(C(F)(F)F)c1. The van der Waals surface area contributed by atoms with E-state index in [1.807, 2.05) is 0 Å². The Kier molecular flexibility index (Phi) is 3.38. The number of hydrogen-bond donors (Lipinski definition) is 0. The van der Waals surface area contributed by atoms with Gasteiger partial charge in [0.05, 0.1) is 5.56 Å². The molecular weight excluding hydrogens is 260 g/mol. The van der Waals surface area contributed by atoms with E-state index in [4.69, 9.17) is 0 Å². The summed E-state index contributed by atoms with van der Waals surface area (Å²) in [6, 6.07) is 10.1. The maximum Gasteiger partial charge on any atom is 0.419 e. The zero-order chi connectivity index (χ0) is 14.0. The molecule has 0 saturated carbocycles. The molecule has 0 fully saturated rings. The number of carbonyl (C=O) groups excluding carboxylic acids is 1. The van der Waals surface area contributed by atoms with Crippen molar-refractivity contribution in [3.63, 3.8) is 0 Å². The van der Waals surface area contributed by atoms with Crippen LogP contribution in [0.5, 0.6) is 0 Å². The Bertz CT molecular complexity index is 603. The number of hydrogen-bond acceptors (Lipinski definition) is 1. The van der Waals surface area contributed by atoms with Gasteiger partial charge in [-0.3, -0.25) is 4.79 Å². The molecule has 0 saturated heterocycles. The topological polar surface area (TPSA) is 17.1 Å². The van der Waals surface area contributed by atoms with Gasteiger partial charge in [0.15, 0.2) is 5.78 Å². The molecule has 0 aliphatic rings. The Morgan fingerprint density at radius 1 is 0.895 bits per heavy atom. The monoisotopic (exact) mass is 268 g/mol. The Morgan fingerprint density at radius 2 is 1.53 bits per heavy atom. The molecule has 19 heavy (non-hydrogen) atoms. The van der Waals surface area contributed by atoms with Crippen molar-refractivity contribution in [2.75, 3.05) is 0 Å². The average Bonchev–Trinajstić information content (AvgIpc) is 2.38. The summed E-state index contributed by atoms with van der Waals surface area (Å²) < 4.78 is 50.7. The van der Waals surface area contributed by atoms with Crippen LogP contribution in [0, 0.1) is 5.82 Å². The highest BCUT2D eigenvalue weighted by molar-refractivity contribution is 6.09. The molecule has 0 aliphatic carbocycles. The van der Waals surface area contributed by atoms with Crippen molar-refractivity contribution in [2.45, 2.75) is 6.18 Å². The molecule has 0 heterocycles. The number of halogens is 4. The zero-order valence-corrected chi connectivity index (χ0v) is 9.54. The smallest absolute Gasteiger partial charge is 0.289 e. The molecule has 2 aromatic carbocycles. The van der Waals surface area contributed by atoms with E-state index in [-0.39, 0.29) is 11.1 Å². The van der Waals surface area contributed by atoms with Crippen molar-refractivity contribution < 1.29 is 22.4 Å². The fourth-order valence-corrected chi connectivity index (χ4v) is 1.64. The summed E-state index contributed by atoms with van der Waals surface area (Å²) in [5, 5.41) is 0. The van der Waals surface area contributed by atoms with Crippen molar-refractivity contribution in [1.82, 2.24) is 0 Å². The molecule has 0 unspecified atom stereocenters. The maximum atomic E-state index is 13.1. The van der Waals surface area contributed by atoms with Gasteiger partial charge >= 0.3 is 6.18 Å².